The van der Waals surface area contributed by atoms with Gasteiger partial charge in [-0.25, -0.2) is 0 Å². The van der Waals surface area contributed by atoms with E-state index in [1.807, 2.05) is 12.5 Å². The van der Waals surface area contributed by atoms with Crippen LogP contribution in [0.3, 0.4) is 0 Å². The highest BCUT2D eigenvalue weighted by molar-refractivity contribution is 7.97. The topological polar surface area (TPSA) is 21.3 Å². The zero-order valence-corrected chi connectivity index (χ0v) is 6.96. The number of hydrogen-bond acceptors (Lipinski definition) is 3. The number of ether oxygens (including phenoxy) is 1. The van der Waals surface area contributed by atoms with Crippen LogP contribution < -0.4 is 5.32 Å². The van der Waals surface area contributed by atoms with Crippen LogP contribution in [0.1, 0.15) is 0 Å². The van der Waals surface area contributed by atoms with E-state index in [1.54, 1.807) is 11.8 Å². The minimum absolute atomic E-state index is 0.889. The molecule has 1 aliphatic rings. The first-order chi connectivity index (χ1) is 4.41. The maximum absolute atomic E-state index is 5.01. The van der Waals surface area contributed by atoms with Crippen molar-refractivity contribution in [1.29, 1.82) is 0 Å². The van der Waals surface area contributed by atoms with Gasteiger partial charge in [0.15, 0.2) is 0 Å². The smallest absolute Gasteiger partial charge is 0.0591 e. The quantitative estimate of drug-likeness (QED) is 0.544. The second kappa shape index (κ2) is 8.27. The van der Waals surface area contributed by atoms with E-state index in [1.165, 1.54) is 0 Å². The molecule has 0 unspecified atom stereocenters. The van der Waals surface area contributed by atoms with Gasteiger partial charge in [0.1, 0.15) is 0 Å². The van der Waals surface area contributed by atoms with Gasteiger partial charge in [-0.1, -0.05) is 0 Å². The van der Waals surface area contributed by atoms with Gasteiger partial charge < -0.3 is 10.1 Å². The summed E-state index contributed by atoms with van der Waals surface area (Å²) < 4.78 is 5.01. The molecule has 0 atom stereocenters. The minimum Gasteiger partial charge on any atom is -0.379 e. The van der Waals surface area contributed by atoms with Gasteiger partial charge in [-0.15, -0.1) is 0 Å². The number of hydrogen-bond donors (Lipinski definition) is 1. The lowest BCUT2D eigenvalue weighted by molar-refractivity contribution is 0.109. The molecule has 1 aliphatic heterocycles. The van der Waals surface area contributed by atoms with E-state index >= 15 is 0 Å². The zero-order chi connectivity index (χ0) is 6.95. The highest BCUT2D eigenvalue weighted by atomic mass is 32.2. The molecule has 1 heterocycles. The Bertz CT molecular complexity index is 36.8. The third kappa shape index (κ3) is 8.27. The summed E-state index contributed by atoms with van der Waals surface area (Å²) >= 11 is 1.75. The van der Waals surface area contributed by atoms with Crippen LogP contribution in [-0.4, -0.2) is 38.8 Å². The van der Waals surface area contributed by atoms with Gasteiger partial charge in [-0.3, -0.25) is 0 Å². The molecule has 3 heteroatoms. The summed E-state index contributed by atoms with van der Waals surface area (Å²) in [5.41, 5.74) is 0. The van der Waals surface area contributed by atoms with Crippen LogP contribution in [0.15, 0.2) is 0 Å². The molecular formula is C6H15NOS. The molecule has 0 aromatic carbocycles. The van der Waals surface area contributed by atoms with Gasteiger partial charge in [-0.2, -0.15) is 11.8 Å². The van der Waals surface area contributed by atoms with Gasteiger partial charge in [-0.05, 0) is 12.5 Å². The maximum Gasteiger partial charge on any atom is 0.0591 e. The molecule has 1 fully saturated rings. The fourth-order valence-electron chi connectivity index (χ4n) is 0.516. The molecule has 0 aromatic rings. The fraction of sp³-hybridized carbons (Fsp3) is 1.00. The Balaban J connectivity index is 0.000000187. The lowest BCUT2D eigenvalue weighted by Gasteiger charge is -2.10. The predicted octanol–water partition coefficient (Wildman–Crippen LogP) is 0.585. The van der Waals surface area contributed by atoms with Crippen LogP contribution in [-0.2, 0) is 4.74 Å². The van der Waals surface area contributed by atoms with Crippen molar-refractivity contribution in [2.45, 2.75) is 0 Å². The lowest BCUT2D eigenvalue weighted by Crippen LogP contribution is -2.30. The van der Waals surface area contributed by atoms with Crippen molar-refractivity contribution in [3.8, 4) is 0 Å². The molecule has 1 rings (SSSR count). The maximum atomic E-state index is 5.01. The normalized spacial score (nSPS) is 18.0. The summed E-state index contributed by atoms with van der Waals surface area (Å²) in [6.07, 6.45) is 4.08. The molecule has 0 amide bonds. The third-order valence-corrected chi connectivity index (χ3v) is 0.846. The van der Waals surface area contributed by atoms with Gasteiger partial charge in [0.25, 0.3) is 0 Å². The molecule has 0 aromatic heterocycles. The van der Waals surface area contributed by atoms with Crippen molar-refractivity contribution < 1.29 is 4.74 Å². The van der Waals surface area contributed by atoms with Crippen molar-refractivity contribution >= 4 is 11.8 Å². The van der Waals surface area contributed by atoms with E-state index in [9.17, 15) is 0 Å². The van der Waals surface area contributed by atoms with E-state index in [4.69, 9.17) is 4.74 Å². The summed E-state index contributed by atoms with van der Waals surface area (Å²) in [6, 6.07) is 0. The van der Waals surface area contributed by atoms with Crippen molar-refractivity contribution in [3.63, 3.8) is 0 Å². The van der Waals surface area contributed by atoms with E-state index < -0.39 is 0 Å². The average molecular weight is 149 g/mol. The van der Waals surface area contributed by atoms with Crippen LogP contribution in [0, 0.1) is 0 Å². The summed E-state index contributed by atoms with van der Waals surface area (Å²) in [5.74, 6) is 0. The summed E-state index contributed by atoms with van der Waals surface area (Å²) in [6.45, 7) is 3.83. The van der Waals surface area contributed by atoms with Crippen molar-refractivity contribution in [3.05, 3.63) is 0 Å². The zero-order valence-electron chi connectivity index (χ0n) is 6.14. The predicted molar refractivity (Wildman–Crippen MR) is 43.1 cm³/mol. The molecule has 1 N–H and O–H groups in total. The highest BCUT2D eigenvalue weighted by Gasteiger charge is 1.92. The van der Waals surface area contributed by atoms with Crippen LogP contribution in [0.5, 0.6) is 0 Å². The molecule has 2 nitrogen and oxygen atoms in total. The first-order valence-corrected chi connectivity index (χ1v) is 4.73. The van der Waals surface area contributed by atoms with Crippen LogP contribution >= 0.6 is 11.8 Å². The molecule has 0 radical (unpaired) electrons. The molecule has 9 heavy (non-hydrogen) atoms. The molecule has 56 valence electrons. The Labute approximate surface area is 61.4 Å². The van der Waals surface area contributed by atoms with Gasteiger partial charge in [0.05, 0.1) is 13.2 Å². The molecule has 0 saturated carbocycles. The van der Waals surface area contributed by atoms with E-state index in [0.29, 0.717) is 0 Å². The number of thioether (sulfide) groups is 1. The number of rotatable bonds is 0. The van der Waals surface area contributed by atoms with Gasteiger partial charge in [0, 0.05) is 13.1 Å². The molecular weight excluding hydrogens is 134 g/mol. The van der Waals surface area contributed by atoms with Gasteiger partial charge in [0.2, 0.25) is 0 Å². The Morgan fingerprint density at radius 1 is 1.22 bits per heavy atom. The first-order valence-electron chi connectivity index (χ1n) is 3.10. The average Bonchev–Trinajstić information content (AvgIpc) is 1.93. The van der Waals surface area contributed by atoms with Crippen LogP contribution in [0.25, 0.3) is 0 Å². The Hall–Kier alpha value is 0.270. The molecule has 0 bridgehead atoms. The number of nitrogens with one attached hydrogen (secondary N) is 1. The van der Waals surface area contributed by atoms with E-state index in [0.717, 1.165) is 26.3 Å². The Morgan fingerprint density at radius 3 is 1.78 bits per heavy atom. The monoisotopic (exact) mass is 149 g/mol. The third-order valence-electron chi connectivity index (χ3n) is 0.846. The van der Waals surface area contributed by atoms with Crippen molar-refractivity contribution in [2.75, 3.05) is 38.8 Å². The number of morpholine rings is 1. The second-order valence-electron chi connectivity index (χ2n) is 1.77. The van der Waals surface area contributed by atoms with Crippen LogP contribution in [0.2, 0.25) is 0 Å². The minimum atomic E-state index is 0.889. The highest BCUT2D eigenvalue weighted by Crippen LogP contribution is 1.76. The van der Waals surface area contributed by atoms with Crippen molar-refractivity contribution in [1.82, 2.24) is 5.32 Å². The van der Waals surface area contributed by atoms with E-state index in [2.05, 4.69) is 5.32 Å². The lowest BCUT2D eigenvalue weighted by atomic mass is 10.5. The second-order valence-corrected chi connectivity index (χ2v) is 2.59. The molecule has 0 aliphatic carbocycles. The van der Waals surface area contributed by atoms with Crippen LogP contribution in [0.4, 0.5) is 0 Å². The molecule has 0 spiro atoms. The van der Waals surface area contributed by atoms with Gasteiger partial charge >= 0.3 is 0 Å². The Morgan fingerprint density at radius 2 is 1.67 bits per heavy atom. The summed E-state index contributed by atoms with van der Waals surface area (Å²) in [4.78, 5) is 0. The summed E-state index contributed by atoms with van der Waals surface area (Å²) in [7, 11) is 0. The van der Waals surface area contributed by atoms with E-state index in [-0.39, 0.29) is 0 Å². The SMILES string of the molecule is C1COCCN1.CSC. The first kappa shape index (κ1) is 9.27. The fourth-order valence-corrected chi connectivity index (χ4v) is 0.516. The molecule has 1 saturated heterocycles. The van der Waals surface area contributed by atoms with Crippen molar-refractivity contribution in [2.24, 2.45) is 0 Å². The summed E-state index contributed by atoms with van der Waals surface area (Å²) in [5, 5.41) is 3.16. The largest absolute Gasteiger partial charge is 0.379 e. The standard InChI is InChI=1S/C4H9NO.C2H6S/c1-3-6-4-2-5-1;1-3-2/h5H,1-4H2;1-2H3. The Kier molecular flexibility index (Phi) is 8.52.